The van der Waals surface area contributed by atoms with E-state index >= 15 is 0 Å². The van der Waals surface area contributed by atoms with Crippen molar-refractivity contribution in [2.75, 3.05) is 6.54 Å². The summed E-state index contributed by atoms with van der Waals surface area (Å²) in [5.74, 6) is 1.56. The lowest BCUT2D eigenvalue weighted by Gasteiger charge is -2.27. The van der Waals surface area contributed by atoms with Crippen LogP contribution in [-0.2, 0) is 0 Å². The van der Waals surface area contributed by atoms with Crippen molar-refractivity contribution >= 4 is 0 Å². The maximum atomic E-state index is 3.67. The van der Waals surface area contributed by atoms with E-state index in [1.54, 1.807) is 5.56 Å². The third kappa shape index (κ3) is 4.09. The van der Waals surface area contributed by atoms with Gasteiger partial charge in [-0.25, -0.2) is 0 Å². The van der Waals surface area contributed by atoms with E-state index < -0.39 is 0 Å². The molecule has 1 N–H and O–H groups in total. The molecule has 0 aromatic heterocycles. The molecule has 0 bridgehead atoms. The molecule has 1 aliphatic carbocycles. The van der Waals surface area contributed by atoms with Gasteiger partial charge in [-0.05, 0) is 61.8 Å². The number of aryl methyl sites for hydroxylation is 2. The summed E-state index contributed by atoms with van der Waals surface area (Å²) in [6.45, 7) is 10.1. The van der Waals surface area contributed by atoms with Crippen molar-refractivity contribution in [3.8, 4) is 0 Å². The Kier molecular flexibility index (Phi) is 5.65. The van der Waals surface area contributed by atoms with Gasteiger partial charge >= 0.3 is 0 Å². The van der Waals surface area contributed by atoms with Crippen LogP contribution in [0.2, 0.25) is 0 Å². The molecule has 0 amide bonds. The Morgan fingerprint density at radius 2 is 1.80 bits per heavy atom. The maximum absolute atomic E-state index is 3.67. The fourth-order valence-corrected chi connectivity index (χ4v) is 3.45. The van der Waals surface area contributed by atoms with Crippen LogP contribution >= 0.6 is 0 Å². The molecule has 112 valence electrons. The molecule has 2 atom stereocenters. The number of rotatable bonds is 4. The van der Waals surface area contributed by atoms with E-state index in [1.165, 1.54) is 49.8 Å². The minimum atomic E-state index is 0.596. The van der Waals surface area contributed by atoms with Crippen LogP contribution in [0.25, 0.3) is 0 Å². The molecule has 0 heterocycles. The number of hydrogen-bond acceptors (Lipinski definition) is 1. The third-order valence-electron chi connectivity index (χ3n) is 4.91. The van der Waals surface area contributed by atoms with Crippen LogP contribution in [0.4, 0.5) is 0 Å². The van der Waals surface area contributed by atoms with Gasteiger partial charge in [-0.2, -0.15) is 0 Å². The molecule has 2 rings (SSSR count). The smallest absolute Gasteiger partial charge is 0.00104 e. The molecular formula is C19H31N. The van der Waals surface area contributed by atoms with Crippen molar-refractivity contribution in [3.63, 3.8) is 0 Å². The van der Waals surface area contributed by atoms with Crippen LogP contribution in [0.3, 0.4) is 0 Å². The summed E-state index contributed by atoms with van der Waals surface area (Å²) >= 11 is 0. The molecule has 1 aromatic rings. The average molecular weight is 273 g/mol. The lowest BCUT2D eigenvalue weighted by atomic mass is 9.81. The van der Waals surface area contributed by atoms with Crippen LogP contribution in [-0.4, -0.2) is 12.6 Å². The second-order valence-corrected chi connectivity index (χ2v) is 6.91. The first-order valence-electron chi connectivity index (χ1n) is 8.38. The van der Waals surface area contributed by atoms with Crippen LogP contribution in [0.5, 0.6) is 0 Å². The minimum Gasteiger partial charge on any atom is -0.314 e. The van der Waals surface area contributed by atoms with Crippen molar-refractivity contribution in [2.24, 2.45) is 5.92 Å². The predicted molar refractivity (Wildman–Crippen MR) is 88.4 cm³/mol. The molecule has 1 aliphatic rings. The minimum absolute atomic E-state index is 0.596. The van der Waals surface area contributed by atoms with E-state index in [0.29, 0.717) is 6.04 Å². The number of benzene rings is 1. The van der Waals surface area contributed by atoms with Crippen LogP contribution < -0.4 is 5.32 Å². The fourth-order valence-electron chi connectivity index (χ4n) is 3.45. The van der Waals surface area contributed by atoms with Gasteiger partial charge in [0.15, 0.2) is 0 Å². The van der Waals surface area contributed by atoms with E-state index in [9.17, 15) is 0 Å². The third-order valence-corrected chi connectivity index (χ3v) is 4.91. The largest absolute Gasteiger partial charge is 0.314 e. The fraction of sp³-hybridized carbons (Fsp3) is 0.684. The summed E-state index contributed by atoms with van der Waals surface area (Å²) < 4.78 is 0. The van der Waals surface area contributed by atoms with Gasteiger partial charge in [0.25, 0.3) is 0 Å². The summed E-state index contributed by atoms with van der Waals surface area (Å²) in [6.07, 6.45) is 6.98. The molecule has 0 aliphatic heterocycles. The molecule has 1 nitrogen and oxygen atoms in total. The predicted octanol–water partition coefficient (Wildman–Crippen LogP) is 4.97. The molecule has 1 heteroatoms. The lowest BCUT2D eigenvalue weighted by molar-refractivity contribution is 0.363. The normalized spacial score (nSPS) is 23.9. The first kappa shape index (κ1) is 15.6. The van der Waals surface area contributed by atoms with Crippen molar-refractivity contribution in [1.82, 2.24) is 5.32 Å². The Morgan fingerprint density at radius 3 is 2.50 bits per heavy atom. The molecule has 2 unspecified atom stereocenters. The van der Waals surface area contributed by atoms with Gasteiger partial charge in [-0.15, -0.1) is 0 Å². The monoisotopic (exact) mass is 273 g/mol. The van der Waals surface area contributed by atoms with Crippen molar-refractivity contribution in [1.29, 1.82) is 0 Å². The van der Waals surface area contributed by atoms with Crippen molar-refractivity contribution in [3.05, 3.63) is 34.9 Å². The highest BCUT2D eigenvalue weighted by atomic mass is 14.9. The van der Waals surface area contributed by atoms with E-state index in [2.05, 4.69) is 51.2 Å². The van der Waals surface area contributed by atoms with Crippen LogP contribution in [0, 0.1) is 19.8 Å². The highest BCUT2D eigenvalue weighted by Gasteiger charge is 2.25. The quantitative estimate of drug-likeness (QED) is 0.764. The van der Waals surface area contributed by atoms with Crippen LogP contribution in [0.1, 0.15) is 68.6 Å². The van der Waals surface area contributed by atoms with Gasteiger partial charge in [0.05, 0.1) is 0 Å². The summed E-state index contributed by atoms with van der Waals surface area (Å²) in [7, 11) is 0. The Labute approximate surface area is 125 Å². The summed E-state index contributed by atoms with van der Waals surface area (Å²) in [5, 5.41) is 3.67. The second kappa shape index (κ2) is 7.26. The van der Waals surface area contributed by atoms with E-state index in [1.807, 2.05) is 0 Å². The van der Waals surface area contributed by atoms with Crippen LogP contribution in [0.15, 0.2) is 18.2 Å². The SMILES string of the molecule is Cc1ccc(C2CCCCCC2CNC(C)C)cc1C. The number of nitrogens with one attached hydrogen (secondary N) is 1. The van der Waals surface area contributed by atoms with Gasteiger partial charge in [0.1, 0.15) is 0 Å². The Balaban J connectivity index is 2.16. The molecule has 1 fully saturated rings. The second-order valence-electron chi connectivity index (χ2n) is 6.91. The molecule has 1 saturated carbocycles. The topological polar surface area (TPSA) is 12.0 Å². The number of hydrogen-bond donors (Lipinski definition) is 1. The average Bonchev–Trinajstić information content (AvgIpc) is 2.65. The summed E-state index contributed by atoms with van der Waals surface area (Å²) in [6, 6.07) is 7.72. The lowest BCUT2D eigenvalue weighted by Crippen LogP contribution is -2.31. The standard InChI is InChI=1S/C19H31N/c1-14(2)20-13-18-8-6-5-7-9-19(18)17-11-10-15(3)16(4)12-17/h10-12,14,18-20H,5-9,13H2,1-4H3. The Morgan fingerprint density at radius 1 is 1.05 bits per heavy atom. The zero-order valence-corrected chi connectivity index (χ0v) is 13.7. The molecule has 0 radical (unpaired) electrons. The van der Waals surface area contributed by atoms with Gasteiger partial charge < -0.3 is 5.32 Å². The highest BCUT2D eigenvalue weighted by molar-refractivity contribution is 5.32. The first-order valence-corrected chi connectivity index (χ1v) is 8.38. The Hall–Kier alpha value is -0.820. The molecular weight excluding hydrogens is 242 g/mol. The maximum Gasteiger partial charge on any atom is 0.00104 e. The summed E-state index contributed by atoms with van der Waals surface area (Å²) in [4.78, 5) is 0. The van der Waals surface area contributed by atoms with Gasteiger partial charge in [-0.3, -0.25) is 0 Å². The molecule has 20 heavy (non-hydrogen) atoms. The molecule has 0 saturated heterocycles. The summed E-state index contributed by atoms with van der Waals surface area (Å²) in [5.41, 5.74) is 4.44. The van der Waals surface area contributed by atoms with Crippen molar-refractivity contribution in [2.45, 2.75) is 71.8 Å². The highest BCUT2D eigenvalue weighted by Crippen LogP contribution is 2.36. The zero-order valence-electron chi connectivity index (χ0n) is 13.7. The van der Waals surface area contributed by atoms with Gasteiger partial charge in [0, 0.05) is 6.04 Å². The van der Waals surface area contributed by atoms with Crippen molar-refractivity contribution < 1.29 is 0 Å². The van der Waals surface area contributed by atoms with Gasteiger partial charge in [0.2, 0.25) is 0 Å². The van der Waals surface area contributed by atoms with Gasteiger partial charge in [-0.1, -0.05) is 51.3 Å². The van der Waals surface area contributed by atoms with E-state index in [4.69, 9.17) is 0 Å². The molecule has 1 aromatic carbocycles. The van der Waals surface area contributed by atoms with E-state index in [-0.39, 0.29) is 0 Å². The Bertz CT molecular complexity index is 422. The van der Waals surface area contributed by atoms with E-state index in [0.717, 1.165) is 11.8 Å². The molecule has 0 spiro atoms. The zero-order chi connectivity index (χ0) is 14.5. The first-order chi connectivity index (χ1) is 9.58.